The molecule has 3 nitrogen and oxygen atoms in total. The van der Waals surface area contributed by atoms with Gasteiger partial charge in [-0.05, 0) is 25.0 Å². The molecular weight excluding hydrogens is 204 g/mol. The van der Waals surface area contributed by atoms with E-state index in [0.29, 0.717) is 11.3 Å². The van der Waals surface area contributed by atoms with Crippen LogP contribution in [0.4, 0.5) is 0 Å². The van der Waals surface area contributed by atoms with Crippen LogP contribution in [0.5, 0.6) is 5.75 Å². The van der Waals surface area contributed by atoms with Gasteiger partial charge in [-0.2, -0.15) is 0 Å². The number of aliphatic hydroxyl groups is 1. The minimum Gasteiger partial charge on any atom is -0.496 e. The molecule has 0 aliphatic heterocycles. The molecule has 0 aliphatic rings. The van der Waals surface area contributed by atoms with Gasteiger partial charge in [-0.1, -0.05) is 25.5 Å². The Balaban J connectivity index is 3.11. The zero-order chi connectivity index (χ0) is 12.3. The Labute approximate surface area is 96.1 Å². The van der Waals surface area contributed by atoms with Crippen LogP contribution in [0.15, 0.2) is 18.2 Å². The van der Waals surface area contributed by atoms with Crippen LogP contribution in [-0.4, -0.2) is 24.1 Å². The van der Waals surface area contributed by atoms with Crippen LogP contribution < -0.4 is 4.74 Å². The fourth-order valence-electron chi connectivity index (χ4n) is 1.48. The van der Waals surface area contributed by atoms with E-state index < -0.39 is 6.10 Å². The molecule has 1 atom stereocenters. The van der Waals surface area contributed by atoms with E-state index in [1.807, 2.05) is 26.8 Å². The Morgan fingerprint density at radius 2 is 2.00 bits per heavy atom. The summed E-state index contributed by atoms with van der Waals surface area (Å²) in [4.78, 5) is 12.0. The number of methoxy groups -OCH3 is 1. The third-order valence-corrected chi connectivity index (χ3v) is 2.52. The highest BCUT2D eigenvalue weighted by molar-refractivity contribution is 6.02. The highest BCUT2D eigenvalue weighted by Crippen LogP contribution is 2.22. The number of hydrogen-bond donors (Lipinski definition) is 1. The third-order valence-electron chi connectivity index (χ3n) is 2.52. The van der Waals surface area contributed by atoms with Gasteiger partial charge in [0.15, 0.2) is 5.78 Å². The van der Waals surface area contributed by atoms with Crippen molar-refractivity contribution in [3.05, 3.63) is 29.3 Å². The summed E-state index contributed by atoms with van der Waals surface area (Å²) in [6.07, 6.45) is -0.976. The summed E-state index contributed by atoms with van der Waals surface area (Å²) in [6.45, 7) is 5.52. The number of ether oxygens (including phenoxy) is 1. The molecule has 16 heavy (non-hydrogen) atoms. The van der Waals surface area contributed by atoms with E-state index in [1.54, 1.807) is 12.1 Å². The molecule has 0 spiro atoms. The summed E-state index contributed by atoms with van der Waals surface area (Å²) in [7, 11) is 1.52. The van der Waals surface area contributed by atoms with Crippen LogP contribution in [0, 0.1) is 12.8 Å². The lowest BCUT2D eigenvalue weighted by Gasteiger charge is -2.15. The Hall–Kier alpha value is -1.35. The number of benzene rings is 1. The average molecular weight is 222 g/mol. The second-order valence-corrected chi connectivity index (χ2v) is 4.26. The second kappa shape index (κ2) is 5.12. The van der Waals surface area contributed by atoms with Crippen molar-refractivity contribution in [3.8, 4) is 5.75 Å². The largest absolute Gasteiger partial charge is 0.496 e. The average Bonchev–Trinajstić information content (AvgIpc) is 2.26. The zero-order valence-corrected chi connectivity index (χ0v) is 10.2. The maximum Gasteiger partial charge on any atom is 0.195 e. The molecule has 1 unspecified atom stereocenters. The molecule has 1 aromatic carbocycles. The normalized spacial score (nSPS) is 12.6. The van der Waals surface area contributed by atoms with E-state index in [0.717, 1.165) is 5.56 Å². The number of Topliss-reactive ketones (excluding diaryl/α,β-unsaturated/α-hetero) is 1. The fourth-order valence-corrected chi connectivity index (χ4v) is 1.48. The van der Waals surface area contributed by atoms with Crippen LogP contribution in [0.2, 0.25) is 0 Å². The summed E-state index contributed by atoms with van der Waals surface area (Å²) in [6, 6.07) is 5.36. The van der Waals surface area contributed by atoms with Crippen molar-refractivity contribution in [3.63, 3.8) is 0 Å². The third kappa shape index (κ3) is 2.61. The highest BCUT2D eigenvalue weighted by Gasteiger charge is 2.23. The Kier molecular flexibility index (Phi) is 4.07. The van der Waals surface area contributed by atoms with Gasteiger partial charge >= 0.3 is 0 Å². The van der Waals surface area contributed by atoms with Crippen LogP contribution >= 0.6 is 0 Å². The maximum atomic E-state index is 12.0. The molecule has 0 bridgehead atoms. The van der Waals surface area contributed by atoms with Crippen molar-refractivity contribution >= 4 is 5.78 Å². The molecule has 0 saturated carbocycles. The van der Waals surface area contributed by atoms with Crippen molar-refractivity contribution < 1.29 is 14.6 Å². The first kappa shape index (κ1) is 12.7. The summed E-state index contributed by atoms with van der Waals surface area (Å²) >= 11 is 0. The number of rotatable bonds is 4. The number of aryl methyl sites for hydroxylation is 1. The molecule has 1 rings (SSSR count). The molecule has 0 saturated heterocycles. The Morgan fingerprint density at radius 3 is 2.50 bits per heavy atom. The van der Waals surface area contributed by atoms with E-state index in [-0.39, 0.29) is 11.7 Å². The van der Waals surface area contributed by atoms with Crippen LogP contribution in [0.25, 0.3) is 0 Å². The Bertz CT molecular complexity index is 383. The molecule has 0 heterocycles. The number of carbonyl (C=O) groups excluding carboxylic acids is 1. The first-order valence-electron chi connectivity index (χ1n) is 5.34. The first-order valence-corrected chi connectivity index (χ1v) is 5.34. The minimum absolute atomic E-state index is 0.0993. The predicted molar refractivity (Wildman–Crippen MR) is 62.9 cm³/mol. The summed E-state index contributed by atoms with van der Waals surface area (Å²) in [5, 5.41) is 9.75. The van der Waals surface area contributed by atoms with Crippen molar-refractivity contribution in [1.82, 2.24) is 0 Å². The van der Waals surface area contributed by atoms with E-state index in [1.165, 1.54) is 7.11 Å². The van der Waals surface area contributed by atoms with Crippen molar-refractivity contribution in [1.29, 1.82) is 0 Å². The molecule has 0 radical (unpaired) electrons. The molecular formula is C13H18O3. The molecule has 0 aromatic heterocycles. The maximum absolute atomic E-state index is 12.0. The van der Waals surface area contributed by atoms with E-state index in [4.69, 9.17) is 4.74 Å². The molecule has 0 amide bonds. The smallest absolute Gasteiger partial charge is 0.195 e. The fraction of sp³-hybridized carbons (Fsp3) is 0.462. The van der Waals surface area contributed by atoms with Crippen molar-refractivity contribution in [2.45, 2.75) is 26.9 Å². The molecule has 0 fully saturated rings. The van der Waals surface area contributed by atoms with Crippen LogP contribution in [0.3, 0.4) is 0 Å². The van der Waals surface area contributed by atoms with Gasteiger partial charge in [0.25, 0.3) is 0 Å². The van der Waals surface area contributed by atoms with E-state index in [9.17, 15) is 9.90 Å². The van der Waals surface area contributed by atoms with Gasteiger partial charge < -0.3 is 9.84 Å². The number of carbonyl (C=O) groups is 1. The van der Waals surface area contributed by atoms with Gasteiger partial charge in [0.05, 0.1) is 12.7 Å². The number of aliphatic hydroxyl groups excluding tert-OH is 1. The predicted octanol–water partition coefficient (Wildman–Crippen LogP) is 2.20. The lowest BCUT2D eigenvalue weighted by atomic mass is 9.96. The van der Waals surface area contributed by atoms with Crippen LogP contribution in [0.1, 0.15) is 29.8 Å². The zero-order valence-electron chi connectivity index (χ0n) is 10.2. The molecule has 1 N–H and O–H groups in total. The molecule has 0 aliphatic carbocycles. The van der Waals surface area contributed by atoms with Gasteiger partial charge in [-0.3, -0.25) is 4.79 Å². The lowest BCUT2D eigenvalue weighted by molar-refractivity contribution is 0.0644. The van der Waals surface area contributed by atoms with Gasteiger partial charge in [-0.15, -0.1) is 0 Å². The summed E-state index contributed by atoms with van der Waals surface area (Å²) < 4.78 is 5.12. The molecule has 1 aromatic rings. The number of ketones is 1. The van der Waals surface area contributed by atoms with Crippen molar-refractivity contribution in [2.24, 2.45) is 5.92 Å². The SMILES string of the molecule is COc1ccc(C)cc1C(=O)C(O)C(C)C. The van der Waals surface area contributed by atoms with E-state index in [2.05, 4.69) is 0 Å². The molecule has 3 heteroatoms. The lowest BCUT2D eigenvalue weighted by Crippen LogP contribution is -2.26. The van der Waals surface area contributed by atoms with E-state index >= 15 is 0 Å². The standard InChI is InChI=1S/C13H18O3/c1-8(2)12(14)13(15)10-7-9(3)5-6-11(10)16-4/h5-8,12,14H,1-4H3. The minimum atomic E-state index is -0.976. The van der Waals surface area contributed by atoms with Gasteiger partial charge in [-0.25, -0.2) is 0 Å². The summed E-state index contributed by atoms with van der Waals surface area (Å²) in [5.74, 6) is 0.128. The number of hydrogen-bond acceptors (Lipinski definition) is 3. The van der Waals surface area contributed by atoms with Gasteiger partial charge in [0.2, 0.25) is 0 Å². The topological polar surface area (TPSA) is 46.5 Å². The quantitative estimate of drug-likeness (QED) is 0.794. The monoisotopic (exact) mass is 222 g/mol. The summed E-state index contributed by atoms with van der Waals surface area (Å²) in [5.41, 5.74) is 1.42. The van der Waals surface area contributed by atoms with Crippen LogP contribution in [-0.2, 0) is 0 Å². The highest BCUT2D eigenvalue weighted by atomic mass is 16.5. The van der Waals surface area contributed by atoms with Crippen molar-refractivity contribution in [2.75, 3.05) is 7.11 Å². The first-order chi connectivity index (χ1) is 7.47. The Morgan fingerprint density at radius 1 is 1.38 bits per heavy atom. The second-order valence-electron chi connectivity index (χ2n) is 4.26. The van der Waals surface area contributed by atoms with Gasteiger partial charge in [0.1, 0.15) is 11.9 Å². The van der Waals surface area contributed by atoms with Gasteiger partial charge in [0, 0.05) is 0 Å². The molecule has 88 valence electrons.